The molecule has 0 aliphatic rings. The zero-order valence-corrected chi connectivity index (χ0v) is 8.30. The van der Waals surface area contributed by atoms with E-state index in [1.807, 2.05) is 19.1 Å². The van der Waals surface area contributed by atoms with E-state index >= 15 is 0 Å². The quantitative estimate of drug-likeness (QED) is 0.325. The van der Waals surface area contributed by atoms with E-state index in [-0.39, 0.29) is 0 Å². The molecule has 5 nitrogen and oxygen atoms in total. The molecule has 1 aromatic carbocycles. The maximum atomic E-state index is 11.0. The smallest absolute Gasteiger partial charge is 0.383 e. The minimum Gasteiger partial charge on any atom is -0.421 e. The van der Waals surface area contributed by atoms with E-state index in [0.29, 0.717) is 12.2 Å². The Bertz CT molecular complexity index is 375. The Morgan fingerprint density at radius 3 is 2.73 bits per heavy atom. The summed E-state index contributed by atoms with van der Waals surface area (Å²) in [5.74, 6) is -0.451. The van der Waals surface area contributed by atoms with Gasteiger partial charge in [0, 0.05) is 4.92 Å². The van der Waals surface area contributed by atoms with E-state index in [4.69, 9.17) is 4.74 Å². The Morgan fingerprint density at radius 1 is 1.47 bits per heavy atom. The fourth-order valence-electron chi connectivity index (χ4n) is 1.16. The van der Waals surface area contributed by atoms with Crippen molar-refractivity contribution in [2.24, 2.45) is 0 Å². The molecule has 0 unspecified atom stereocenters. The molecule has 1 aromatic rings. The molecule has 80 valence electrons. The van der Waals surface area contributed by atoms with Crippen molar-refractivity contribution in [1.29, 1.82) is 0 Å². The maximum Gasteiger partial charge on any atom is 0.383 e. The normalized spacial score (nSPS) is 9.67. The molecule has 0 amide bonds. The number of benzene rings is 1. The summed E-state index contributed by atoms with van der Waals surface area (Å²) in [5.41, 5.74) is 0.856. The van der Waals surface area contributed by atoms with Gasteiger partial charge in [0.25, 0.3) is 6.54 Å². The Balaban J connectivity index is 2.71. The number of nitro groups is 1. The number of hydrogen-bond acceptors (Lipinski definition) is 4. The number of hydrogen-bond donors (Lipinski definition) is 0. The molecular formula is C10H11NO4. The van der Waals surface area contributed by atoms with Crippen LogP contribution in [0.5, 0.6) is 5.75 Å². The molecule has 0 heterocycles. The first kappa shape index (κ1) is 11.2. The highest BCUT2D eigenvalue weighted by Gasteiger charge is 2.13. The number of nitrogens with zero attached hydrogens (tertiary/aromatic N) is 1. The highest BCUT2D eigenvalue weighted by molar-refractivity contribution is 5.73. The summed E-state index contributed by atoms with van der Waals surface area (Å²) in [6.45, 7) is 1.11. The topological polar surface area (TPSA) is 69.4 Å². The lowest BCUT2D eigenvalue weighted by atomic mass is 10.1. The van der Waals surface area contributed by atoms with Gasteiger partial charge in [-0.2, -0.15) is 0 Å². The molecule has 0 atom stereocenters. The molecule has 0 bridgehead atoms. The van der Waals surface area contributed by atoms with Gasteiger partial charge in [-0.15, -0.1) is 0 Å². The van der Waals surface area contributed by atoms with E-state index in [1.165, 1.54) is 0 Å². The van der Waals surface area contributed by atoms with Gasteiger partial charge in [0.15, 0.2) is 0 Å². The zero-order chi connectivity index (χ0) is 11.3. The predicted octanol–water partition coefficient (Wildman–Crippen LogP) is 1.43. The van der Waals surface area contributed by atoms with Crippen molar-refractivity contribution in [3.63, 3.8) is 0 Å². The summed E-state index contributed by atoms with van der Waals surface area (Å²) in [6.07, 6.45) is 0.710. The van der Waals surface area contributed by atoms with Gasteiger partial charge in [0.1, 0.15) is 5.75 Å². The highest BCUT2D eigenvalue weighted by Crippen LogP contribution is 2.18. The lowest BCUT2D eigenvalue weighted by Gasteiger charge is -2.06. The highest BCUT2D eigenvalue weighted by atomic mass is 16.6. The Kier molecular flexibility index (Phi) is 3.79. The van der Waals surface area contributed by atoms with Crippen LogP contribution >= 0.6 is 0 Å². The van der Waals surface area contributed by atoms with Crippen molar-refractivity contribution in [1.82, 2.24) is 0 Å². The SMILES string of the molecule is CCc1ccccc1OC(=O)C[N+](=O)[O-]. The second-order valence-corrected chi connectivity index (χ2v) is 2.93. The monoisotopic (exact) mass is 209 g/mol. The lowest BCUT2D eigenvalue weighted by Crippen LogP contribution is -2.19. The van der Waals surface area contributed by atoms with E-state index in [2.05, 4.69) is 0 Å². The number of rotatable bonds is 4. The van der Waals surface area contributed by atoms with Crippen LogP contribution in [0.4, 0.5) is 0 Å². The zero-order valence-electron chi connectivity index (χ0n) is 8.30. The van der Waals surface area contributed by atoms with Crippen LogP contribution in [0, 0.1) is 10.1 Å². The fourth-order valence-corrected chi connectivity index (χ4v) is 1.16. The first-order chi connectivity index (χ1) is 7.13. The van der Waals surface area contributed by atoms with Gasteiger partial charge in [0.05, 0.1) is 0 Å². The predicted molar refractivity (Wildman–Crippen MR) is 53.3 cm³/mol. The van der Waals surface area contributed by atoms with Gasteiger partial charge in [-0.1, -0.05) is 25.1 Å². The third-order valence-electron chi connectivity index (χ3n) is 1.84. The van der Waals surface area contributed by atoms with Crippen LogP contribution in [0.2, 0.25) is 0 Å². The van der Waals surface area contributed by atoms with Crippen molar-refractivity contribution in [2.45, 2.75) is 13.3 Å². The largest absolute Gasteiger partial charge is 0.421 e. The van der Waals surface area contributed by atoms with E-state index in [1.54, 1.807) is 12.1 Å². The van der Waals surface area contributed by atoms with Crippen LogP contribution in [-0.2, 0) is 11.2 Å². The van der Waals surface area contributed by atoms with Crippen LogP contribution in [-0.4, -0.2) is 17.4 Å². The van der Waals surface area contributed by atoms with Crippen molar-refractivity contribution < 1.29 is 14.5 Å². The molecule has 0 fully saturated rings. The minimum absolute atomic E-state index is 0.395. The first-order valence-corrected chi connectivity index (χ1v) is 4.54. The third-order valence-corrected chi connectivity index (χ3v) is 1.84. The number of esters is 1. The van der Waals surface area contributed by atoms with Crippen LogP contribution in [0.1, 0.15) is 12.5 Å². The summed E-state index contributed by atoms with van der Waals surface area (Å²) in [5, 5.41) is 10.1. The van der Waals surface area contributed by atoms with Gasteiger partial charge in [-0.25, -0.2) is 4.79 Å². The summed E-state index contributed by atoms with van der Waals surface area (Å²) >= 11 is 0. The lowest BCUT2D eigenvalue weighted by molar-refractivity contribution is -0.469. The van der Waals surface area contributed by atoms with Crippen LogP contribution in [0.3, 0.4) is 0 Å². The molecule has 0 saturated carbocycles. The van der Waals surface area contributed by atoms with Crippen molar-refractivity contribution in [3.8, 4) is 5.75 Å². The second kappa shape index (κ2) is 5.09. The molecular weight excluding hydrogens is 198 g/mol. The molecule has 0 N–H and O–H groups in total. The molecule has 0 radical (unpaired) electrons. The van der Waals surface area contributed by atoms with Gasteiger partial charge in [0.2, 0.25) is 0 Å². The third kappa shape index (κ3) is 3.38. The average Bonchev–Trinajstić information content (AvgIpc) is 2.17. The minimum atomic E-state index is -0.846. The Morgan fingerprint density at radius 2 is 2.13 bits per heavy atom. The van der Waals surface area contributed by atoms with Crippen molar-refractivity contribution >= 4 is 5.97 Å². The standard InChI is InChI=1S/C10H11NO4/c1-2-8-5-3-4-6-9(8)15-10(12)7-11(13)14/h3-6H,2,7H2,1H3. The van der Waals surface area contributed by atoms with Crippen LogP contribution < -0.4 is 4.74 Å². The molecule has 0 aliphatic heterocycles. The van der Waals surface area contributed by atoms with Crippen molar-refractivity contribution in [2.75, 3.05) is 6.54 Å². The van der Waals surface area contributed by atoms with E-state index < -0.39 is 17.4 Å². The summed E-state index contributed by atoms with van der Waals surface area (Å²) in [6, 6.07) is 6.98. The average molecular weight is 209 g/mol. The van der Waals surface area contributed by atoms with Crippen molar-refractivity contribution in [3.05, 3.63) is 39.9 Å². The molecule has 0 saturated heterocycles. The second-order valence-electron chi connectivity index (χ2n) is 2.93. The van der Waals surface area contributed by atoms with Gasteiger partial charge >= 0.3 is 5.97 Å². The Labute approximate surface area is 86.8 Å². The van der Waals surface area contributed by atoms with E-state index in [0.717, 1.165) is 5.56 Å². The van der Waals surface area contributed by atoms with Gasteiger partial charge < -0.3 is 4.74 Å². The summed E-state index contributed by atoms with van der Waals surface area (Å²) in [7, 11) is 0. The fraction of sp³-hybridized carbons (Fsp3) is 0.300. The van der Waals surface area contributed by atoms with Crippen LogP contribution in [0.25, 0.3) is 0 Å². The summed E-state index contributed by atoms with van der Waals surface area (Å²) in [4.78, 5) is 20.4. The van der Waals surface area contributed by atoms with Gasteiger partial charge in [-0.05, 0) is 18.1 Å². The maximum absolute atomic E-state index is 11.0. The number of carbonyl (C=O) groups excluding carboxylic acids is 1. The van der Waals surface area contributed by atoms with E-state index in [9.17, 15) is 14.9 Å². The van der Waals surface area contributed by atoms with Crippen LogP contribution in [0.15, 0.2) is 24.3 Å². The molecule has 1 rings (SSSR count). The number of ether oxygens (including phenoxy) is 1. The molecule has 0 aromatic heterocycles. The number of para-hydroxylation sites is 1. The molecule has 0 aliphatic carbocycles. The van der Waals surface area contributed by atoms with Gasteiger partial charge in [-0.3, -0.25) is 10.1 Å². The molecule has 5 heteroatoms. The first-order valence-electron chi connectivity index (χ1n) is 4.54. The molecule has 15 heavy (non-hydrogen) atoms. The number of carbonyl (C=O) groups is 1. The molecule has 0 spiro atoms. The number of aryl methyl sites for hydroxylation is 1. The summed E-state index contributed by atoms with van der Waals surface area (Å²) < 4.78 is 4.87. The Hall–Kier alpha value is -1.91.